The van der Waals surface area contributed by atoms with Crippen LogP contribution in [0.15, 0.2) is 18.2 Å². The quantitative estimate of drug-likeness (QED) is 0.704. The van der Waals surface area contributed by atoms with Crippen molar-refractivity contribution < 1.29 is 4.39 Å². The average molecular weight is 237 g/mol. The van der Waals surface area contributed by atoms with Gasteiger partial charge in [0.2, 0.25) is 5.95 Å². The van der Waals surface area contributed by atoms with E-state index in [1.165, 1.54) is 12.1 Å². The van der Waals surface area contributed by atoms with Gasteiger partial charge in [-0.3, -0.25) is 0 Å². The van der Waals surface area contributed by atoms with E-state index in [4.69, 9.17) is 11.5 Å². The molecule has 17 heavy (non-hydrogen) atoms. The summed E-state index contributed by atoms with van der Waals surface area (Å²) in [5, 5.41) is 0. The van der Waals surface area contributed by atoms with Gasteiger partial charge in [-0.2, -0.15) is 0 Å². The molecule has 6 heteroatoms. The molecule has 0 aliphatic heterocycles. The van der Waals surface area contributed by atoms with Gasteiger partial charge in [0.25, 0.3) is 0 Å². The van der Waals surface area contributed by atoms with E-state index in [-0.39, 0.29) is 5.82 Å². The number of hydrogen-bond donors (Lipinski definition) is 3. The lowest BCUT2D eigenvalue weighted by molar-refractivity contribution is 0.629. The molecule has 0 atom stereocenters. The molecule has 2 aromatic rings. The van der Waals surface area contributed by atoms with Crippen LogP contribution in [-0.4, -0.2) is 36.1 Å². The molecule has 0 aliphatic carbocycles. The second-order valence-corrected chi connectivity index (χ2v) is 3.79. The summed E-state index contributed by atoms with van der Waals surface area (Å²) in [7, 11) is 0. The van der Waals surface area contributed by atoms with Crippen molar-refractivity contribution in [3.63, 3.8) is 0 Å². The highest BCUT2D eigenvalue weighted by Gasteiger charge is 2.10. The molecule has 1 aromatic carbocycles. The molecule has 92 valence electrons. The zero-order valence-corrected chi connectivity index (χ0v) is 9.49. The van der Waals surface area contributed by atoms with E-state index < -0.39 is 0 Å². The maximum absolute atomic E-state index is 13.0. The van der Waals surface area contributed by atoms with Crippen LogP contribution >= 0.6 is 0 Å². The van der Waals surface area contributed by atoms with Crippen LogP contribution in [0, 0.1) is 5.82 Å². The van der Waals surface area contributed by atoms with Gasteiger partial charge in [-0.15, -0.1) is 0 Å². The minimum absolute atomic E-state index is 0.281. The number of benzene rings is 1. The highest BCUT2D eigenvalue weighted by atomic mass is 19.1. The molecule has 1 aromatic heterocycles. The van der Waals surface area contributed by atoms with E-state index in [9.17, 15) is 4.39 Å². The Kier molecular flexibility index (Phi) is 3.55. The van der Waals surface area contributed by atoms with Crippen LogP contribution in [-0.2, 0) is 0 Å². The molecule has 0 aliphatic rings. The van der Waals surface area contributed by atoms with E-state index >= 15 is 0 Å². The van der Waals surface area contributed by atoms with Crippen molar-refractivity contribution in [2.24, 2.45) is 11.5 Å². The molecule has 0 saturated heterocycles. The Labute approximate surface area is 98.6 Å². The fourth-order valence-corrected chi connectivity index (χ4v) is 1.75. The van der Waals surface area contributed by atoms with Crippen LogP contribution in [0.2, 0.25) is 0 Å². The molecule has 1 heterocycles. The molecular formula is C11H16FN5. The fraction of sp³-hybridized carbons (Fsp3) is 0.364. The van der Waals surface area contributed by atoms with Gasteiger partial charge in [-0.05, 0) is 18.2 Å². The highest BCUT2D eigenvalue weighted by Crippen LogP contribution is 2.17. The summed E-state index contributed by atoms with van der Waals surface area (Å²) in [4.78, 5) is 9.41. The minimum Gasteiger partial charge on any atom is -0.340 e. The first kappa shape index (κ1) is 11.8. The molecule has 0 radical (unpaired) electrons. The molecule has 0 spiro atoms. The number of aromatic amines is 1. The van der Waals surface area contributed by atoms with E-state index in [0.29, 0.717) is 37.6 Å². The Morgan fingerprint density at radius 2 is 1.94 bits per heavy atom. The highest BCUT2D eigenvalue weighted by molar-refractivity contribution is 5.77. The van der Waals surface area contributed by atoms with Crippen molar-refractivity contribution in [2.75, 3.05) is 31.1 Å². The predicted octanol–water partition coefficient (Wildman–Crippen LogP) is 0.426. The zero-order valence-electron chi connectivity index (χ0n) is 9.49. The topological polar surface area (TPSA) is 84.0 Å². The van der Waals surface area contributed by atoms with Gasteiger partial charge < -0.3 is 21.4 Å². The van der Waals surface area contributed by atoms with Crippen molar-refractivity contribution >= 4 is 17.0 Å². The Bertz CT molecular complexity index is 490. The number of H-pyrrole nitrogens is 1. The first-order chi connectivity index (χ1) is 8.24. The van der Waals surface area contributed by atoms with Crippen LogP contribution in [0.5, 0.6) is 0 Å². The number of nitrogens with two attached hydrogens (primary N) is 2. The maximum atomic E-state index is 13.0. The number of imidazole rings is 1. The molecule has 0 saturated carbocycles. The van der Waals surface area contributed by atoms with Crippen LogP contribution < -0.4 is 16.4 Å². The summed E-state index contributed by atoms with van der Waals surface area (Å²) in [6, 6.07) is 4.46. The van der Waals surface area contributed by atoms with Crippen molar-refractivity contribution in [1.29, 1.82) is 0 Å². The third-order valence-corrected chi connectivity index (χ3v) is 2.53. The van der Waals surface area contributed by atoms with Gasteiger partial charge in [-0.1, -0.05) is 0 Å². The monoisotopic (exact) mass is 237 g/mol. The Hall–Kier alpha value is -1.66. The van der Waals surface area contributed by atoms with Gasteiger partial charge in [0, 0.05) is 26.2 Å². The largest absolute Gasteiger partial charge is 0.340 e. The lowest BCUT2D eigenvalue weighted by Gasteiger charge is -2.19. The third-order valence-electron chi connectivity index (χ3n) is 2.53. The first-order valence-corrected chi connectivity index (χ1v) is 5.55. The smallest absolute Gasteiger partial charge is 0.203 e. The Morgan fingerprint density at radius 3 is 2.59 bits per heavy atom. The molecule has 0 fully saturated rings. The maximum Gasteiger partial charge on any atom is 0.203 e. The van der Waals surface area contributed by atoms with Crippen molar-refractivity contribution in [2.45, 2.75) is 0 Å². The Balaban J connectivity index is 2.33. The first-order valence-electron chi connectivity index (χ1n) is 5.55. The molecule has 0 bridgehead atoms. The molecule has 0 unspecified atom stereocenters. The van der Waals surface area contributed by atoms with Crippen LogP contribution in [0.3, 0.4) is 0 Å². The molecule has 2 rings (SSSR count). The normalized spacial score (nSPS) is 11.0. The zero-order chi connectivity index (χ0) is 12.3. The second-order valence-electron chi connectivity index (χ2n) is 3.79. The van der Waals surface area contributed by atoms with Crippen molar-refractivity contribution in [3.8, 4) is 0 Å². The van der Waals surface area contributed by atoms with Crippen LogP contribution in [0.25, 0.3) is 11.0 Å². The summed E-state index contributed by atoms with van der Waals surface area (Å²) in [6.45, 7) is 2.37. The van der Waals surface area contributed by atoms with Gasteiger partial charge in [-0.25, -0.2) is 9.37 Å². The summed E-state index contributed by atoms with van der Waals surface area (Å²) in [6.07, 6.45) is 0. The van der Waals surface area contributed by atoms with Crippen molar-refractivity contribution in [1.82, 2.24) is 9.97 Å². The number of rotatable bonds is 5. The average Bonchev–Trinajstić information content (AvgIpc) is 2.71. The molecule has 5 N–H and O–H groups in total. The van der Waals surface area contributed by atoms with Gasteiger partial charge in [0.05, 0.1) is 11.0 Å². The van der Waals surface area contributed by atoms with Crippen molar-refractivity contribution in [3.05, 3.63) is 24.0 Å². The fourth-order valence-electron chi connectivity index (χ4n) is 1.75. The summed E-state index contributed by atoms with van der Waals surface area (Å²) in [5.41, 5.74) is 12.5. The Morgan fingerprint density at radius 1 is 1.24 bits per heavy atom. The third kappa shape index (κ3) is 2.54. The number of hydrogen-bond acceptors (Lipinski definition) is 4. The lowest BCUT2D eigenvalue weighted by Crippen LogP contribution is -2.34. The molecule has 5 nitrogen and oxygen atoms in total. The number of nitrogens with one attached hydrogen (secondary N) is 1. The number of anilines is 1. The summed E-state index contributed by atoms with van der Waals surface area (Å²) in [5.74, 6) is 0.401. The SMILES string of the molecule is NCCN(CCN)c1nc2ccc(F)cc2[nH]1. The predicted molar refractivity (Wildman–Crippen MR) is 66.4 cm³/mol. The van der Waals surface area contributed by atoms with Crippen LogP contribution in [0.4, 0.5) is 10.3 Å². The molecular weight excluding hydrogens is 221 g/mol. The molecule has 0 amide bonds. The van der Waals surface area contributed by atoms with E-state index in [1.807, 2.05) is 4.90 Å². The number of halogens is 1. The van der Waals surface area contributed by atoms with Gasteiger partial charge in [0.1, 0.15) is 5.82 Å². The number of aromatic nitrogens is 2. The second kappa shape index (κ2) is 5.11. The van der Waals surface area contributed by atoms with E-state index in [1.54, 1.807) is 6.07 Å². The lowest BCUT2D eigenvalue weighted by atomic mass is 10.3. The number of nitrogens with zero attached hydrogens (tertiary/aromatic N) is 2. The van der Waals surface area contributed by atoms with E-state index in [2.05, 4.69) is 9.97 Å². The van der Waals surface area contributed by atoms with Gasteiger partial charge in [0.15, 0.2) is 0 Å². The summed E-state index contributed by atoms with van der Waals surface area (Å²) >= 11 is 0. The van der Waals surface area contributed by atoms with Gasteiger partial charge >= 0.3 is 0 Å². The van der Waals surface area contributed by atoms with E-state index in [0.717, 1.165) is 5.52 Å². The minimum atomic E-state index is -0.281. The van der Waals surface area contributed by atoms with Crippen LogP contribution in [0.1, 0.15) is 0 Å². The summed E-state index contributed by atoms with van der Waals surface area (Å²) < 4.78 is 13.0. The number of fused-ring (bicyclic) bond motifs is 1. The standard InChI is InChI=1S/C11H16FN5/c12-8-1-2-9-10(7-8)16-11(15-9)17(5-3-13)6-4-14/h1-2,7H,3-6,13-14H2,(H,15,16).